The molecule has 1 saturated heterocycles. The summed E-state index contributed by atoms with van der Waals surface area (Å²) in [4.78, 5) is 10.3. The van der Waals surface area contributed by atoms with E-state index < -0.39 is 11.7 Å². The van der Waals surface area contributed by atoms with Gasteiger partial charge in [-0.15, -0.1) is 24.0 Å². The number of aromatic nitrogens is 1. The fourth-order valence-corrected chi connectivity index (χ4v) is 3.17. The van der Waals surface area contributed by atoms with Crippen LogP contribution in [0.5, 0.6) is 5.88 Å². The number of alkyl halides is 3. The Morgan fingerprint density at radius 2 is 2.03 bits per heavy atom. The van der Waals surface area contributed by atoms with Gasteiger partial charge in [-0.3, -0.25) is 4.99 Å². The summed E-state index contributed by atoms with van der Waals surface area (Å²) >= 11 is 5.82. The number of hydrogen-bond acceptors (Lipinski definition) is 4. The van der Waals surface area contributed by atoms with Crippen molar-refractivity contribution in [3.63, 3.8) is 0 Å². The van der Waals surface area contributed by atoms with Gasteiger partial charge in [0.05, 0.1) is 12.1 Å². The molecule has 0 atom stereocenters. The van der Waals surface area contributed by atoms with E-state index in [1.807, 2.05) is 0 Å². The monoisotopic (exact) mass is 549 g/mol. The maximum absolute atomic E-state index is 12.6. The van der Waals surface area contributed by atoms with Crippen LogP contribution in [0.4, 0.5) is 13.2 Å². The molecular formula is C18H28ClF3IN5O. The van der Waals surface area contributed by atoms with Gasteiger partial charge in [-0.1, -0.05) is 11.6 Å². The van der Waals surface area contributed by atoms with Crippen molar-refractivity contribution >= 4 is 41.5 Å². The number of pyridine rings is 1. The maximum Gasteiger partial charge on any atom is 0.417 e. The lowest BCUT2D eigenvalue weighted by molar-refractivity contribution is -0.137. The number of nitrogens with one attached hydrogen (secondary N) is 2. The lowest BCUT2D eigenvalue weighted by Gasteiger charge is -2.35. The lowest BCUT2D eigenvalue weighted by Crippen LogP contribution is -2.50. The second-order valence-electron chi connectivity index (χ2n) is 6.90. The number of nitrogens with zero attached hydrogens (tertiary/aromatic N) is 3. The molecule has 29 heavy (non-hydrogen) atoms. The average molecular weight is 550 g/mol. The third kappa shape index (κ3) is 8.33. The number of piperidine rings is 1. The summed E-state index contributed by atoms with van der Waals surface area (Å²) in [6.45, 7) is 7.09. The third-order valence-corrected chi connectivity index (χ3v) is 4.86. The maximum atomic E-state index is 12.6. The van der Waals surface area contributed by atoms with Crippen LogP contribution in [0.3, 0.4) is 0 Å². The van der Waals surface area contributed by atoms with Gasteiger partial charge in [0.1, 0.15) is 11.6 Å². The van der Waals surface area contributed by atoms with Gasteiger partial charge in [-0.2, -0.15) is 13.2 Å². The molecule has 0 aromatic carbocycles. The summed E-state index contributed by atoms with van der Waals surface area (Å²) in [5.74, 6) is 0.638. The zero-order chi connectivity index (χ0) is 20.7. The normalized spacial score (nSPS) is 16.5. The first kappa shape index (κ1) is 26.0. The Hall–Kier alpha value is -1.01. The van der Waals surface area contributed by atoms with E-state index in [9.17, 15) is 13.2 Å². The van der Waals surface area contributed by atoms with Gasteiger partial charge in [0.25, 0.3) is 0 Å². The minimum Gasteiger partial charge on any atom is -0.475 e. The first-order valence-corrected chi connectivity index (χ1v) is 9.65. The van der Waals surface area contributed by atoms with E-state index in [1.165, 1.54) is 0 Å². The zero-order valence-corrected chi connectivity index (χ0v) is 19.8. The van der Waals surface area contributed by atoms with Gasteiger partial charge in [0, 0.05) is 38.4 Å². The smallest absolute Gasteiger partial charge is 0.417 e. The van der Waals surface area contributed by atoms with E-state index in [-0.39, 0.29) is 41.5 Å². The molecule has 0 aliphatic carbocycles. The molecule has 1 fully saturated rings. The molecule has 1 aliphatic heterocycles. The minimum absolute atomic E-state index is 0. The van der Waals surface area contributed by atoms with Gasteiger partial charge in [0.15, 0.2) is 5.96 Å². The fourth-order valence-electron chi connectivity index (χ4n) is 2.95. The first-order chi connectivity index (χ1) is 13.2. The molecule has 0 spiro atoms. The highest BCUT2D eigenvalue weighted by molar-refractivity contribution is 14.0. The molecule has 1 aromatic heterocycles. The molecule has 11 heteroatoms. The highest BCUT2D eigenvalue weighted by atomic mass is 127. The number of rotatable bonds is 6. The van der Waals surface area contributed by atoms with Gasteiger partial charge in [0.2, 0.25) is 5.88 Å². The predicted molar refractivity (Wildman–Crippen MR) is 119 cm³/mol. The van der Waals surface area contributed by atoms with Crippen LogP contribution in [0.2, 0.25) is 5.02 Å². The van der Waals surface area contributed by atoms with Gasteiger partial charge >= 0.3 is 6.18 Å². The Bertz CT molecular complexity index is 667. The van der Waals surface area contributed by atoms with E-state index in [4.69, 9.17) is 16.3 Å². The van der Waals surface area contributed by atoms with Crippen LogP contribution in [-0.2, 0) is 6.18 Å². The number of hydrogen-bond donors (Lipinski definition) is 2. The minimum atomic E-state index is -4.49. The van der Waals surface area contributed by atoms with Gasteiger partial charge in [-0.05, 0) is 32.8 Å². The van der Waals surface area contributed by atoms with Crippen LogP contribution in [0.1, 0.15) is 32.3 Å². The number of aliphatic imine (C=N–C) groups is 1. The van der Waals surface area contributed by atoms with Gasteiger partial charge < -0.3 is 20.3 Å². The Balaban J connectivity index is 0.00000420. The molecule has 2 N–H and O–H groups in total. The summed E-state index contributed by atoms with van der Waals surface area (Å²) in [6.07, 6.45) is -1.69. The number of ether oxygens (including phenoxy) is 1. The molecule has 2 heterocycles. The quantitative estimate of drug-likeness (QED) is 0.245. The Kier molecular flexibility index (Phi) is 10.8. The molecule has 1 aromatic rings. The van der Waals surface area contributed by atoms with Crippen molar-refractivity contribution in [3.8, 4) is 5.88 Å². The molecule has 166 valence electrons. The van der Waals surface area contributed by atoms with Crippen molar-refractivity contribution < 1.29 is 17.9 Å². The fraction of sp³-hybridized carbons (Fsp3) is 0.667. The van der Waals surface area contributed by atoms with Crippen molar-refractivity contribution in [2.75, 3.05) is 33.3 Å². The van der Waals surface area contributed by atoms with E-state index in [0.29, 0.717) is 30.8 Å². The lowest BCUT2D eigenvalue weighted by atomic mass is 10.0. The second kappa shape index (κ2) is 12.0. The standard InChI is InChI=1S/C18H27ClF3N5O.HI/c1-12(2)27-7-4-14(5-8-27)26-17(23-3)24-6-9-28-16-15(19)10-13(11-25-16)18(20,21)22;/h10-12,14H,4-9H2,1-3H3,(H2,23,24,26);1H. The number of likely N-dealkylation sites (tertiary alicyclic amines) is 1. The molecule has 1 aliphatic rings. The summed E-state index contributed by atoms with van der Waals surface area (Å²) in [5, 5.41) is 6.34. The van der Waals surface area contributed by atoms with E-state index >= 15 is 0 Å². The van der Waals surface area contributed by atoms with E-state index in [0.717, 1.165) is 32.0 Å². The molecule has 0 saturated carbocycles. The van der Waals surface area contributed by atoms with E-state index in [1.54, 1.807) is 7.05 Å². The number of guanidine groups is 1. The van der Waals surface area contributed by atoms with Crippen molar-refractivity contribution in [2.45, 2.75) is 44.9 Å². The van der Waals surface area contributed by atoms with Crippen LogP contribution in [0.25, 0.3) is 0 Å². The van der Waals surface area contributed by atoms with Gasteiger partial charge in [-0.25, -0.2) is 4.98 Å². The van der Waals surface area contributed by atoms with Crippen LogP contribution in [0.15, 0.2) is 17.3 Å². The summed E-state index contributed by atoms with van der Waals surface area (Å²) in [7, 11) is 1.69. The van der Waals surface area contributed by atoms with Crippen LogP contribution in [-0.4, -0.2) is 61.2 Å². The van der Waals surface area contributed by atoms with Crippen LogP contribution in [0, 0.1) is 0 Å². The molecule has 0 radical (unpaired) electrons. The third-order valence-electron chi connectivity index (χ3n) is 4.59. The molecule has 2 rings (SSSR count). The van der Waals surface area contributed by atoms with E-state index in [2.05, 4.69) is 39.4 Å². The zero-order valence-electron chi connectivity index (χ0n) is 16.7. The number of halogens is 5. The molecule has 6 nitrogen and oxygen atoms in total. The second-order valence-corrected chi connectivity index (χ2v) is 7.31. The van der Waals surface area contributed by atoms with Crippen LogP contribution >= 0.6 is 35.6 Å². The van der Waals surface area contributed by atoms with Crippen molar-refractivity contribution in [2.24, 2.45) is 4.99 Å². The summed E-state index contributed by atoms with van der Waals surface area (Å²) in [6, 6.07) is 1.72. The van der Waals surface area contributed by atoms with Crippen molar-refractivity contribution in [3.05, 3.63) is 22.8 Å². The Morgan fingerprint density at radius 3 is 2.55 bits per heavy atom. The van der Waals surface area contributed by atoms with Crippen molar-refractivity contribution in [1.29, 1.82) is 0 Å². The molecule has 0 bridgehead atoms. The molecular weight excluding hydrogens is 522 g/mol. The largest absolute Gasteiger partial charge is 0.475 e. The molecule has 0 amide bonds. The predicted octanol–water partition coefficient (Wildman–Crippen LogP) is 3.79. The SMILES string of the molecule is CN=C(NCCOc1ncc(C(F)(F)F)cc1Cl)NC1CCN(C(C)C)CC1.I. The highest BCUT2D eigenvalue weighted by Crippen LogP contribution is 2.32. The average Bonchev–Trinajstić information content (AvgIpc) is 2.64. The van der Waals surface area contributed by atoms with Crippen molar-refractivity contribution in [1.82, 2.24) is 20.5 Å². The first-order valence-electron chi connectivity index (χ1n) is 9.27. The summed E-state index contributed by atoms with van der Waals surface area (Å²) < 4.78 is 43.2. The van der Waals surface area contributed by atoms with Crippen LogP contribution < -0.4 is 15.4 Å². The summed E-state index contributed by atoms with van der Waals surface area (Å²) in [5.41, 5.74) is -0.906. The molecule has 0 unspecified atom stereocenters. The Morgan fingerprint density at radius 1 is 1.38 bits per heavy atom. The topological polar surface area (TPSA) is 61.8 Å². The highest BCUT2D eigenvalue weighted by Gasteiger charge is 2.31. The Labute approximate surface area is 191 Å².